The van der Waals surface area contributed by atoms with Crippen LogP contribution in [0.15, 0.2) is 30.3 Å². The highest BCUT2D eigenvalue weighted by Gasteiger charge is 2.11. The van der Waals surface area contributed by atoms with Crippen LogP contribution in [0.2, 0.25) is 10.0 Å². The molecule has 1 heterocycles. The van der Waals surface area contributed by atoms with Crippen molar-refractivity contribution in [3.8, 4) is 0 Å². The number of halogens is 3. The molecule has 2 aromatic rings. The summed E-state index contributed by atoms with van der Waals surface area (Å²) in [6, 6.07) is 6.65. The normalized spacial score (nSPS) is 10.2. The summed E-state index contributed by atoms with van der Waals surface area (Å²) in [5.74, 6) is -0.378. The average Bonchev–Trinajstić information content (AvgIpc) is 2.39. The van der Waals surface area contributed by atoms with Gasteiger partial charge in [-0.3, -0.25) is 5.32 Å². The molecule has 2 rings (SSSR count). The summed E-state index contributed by atoms with van der Waals surface area (Å²) >= 11 is 11.8. The van der Waals surface area contributed by atoms with E-state index in [1.54, 1.807) is 13.0 Å². The largest absolute Gasteiger partial charge is 0.324 e. The molecule has 20 heavy (non-hydrogen) atoms. The lowest BCUT2D eigenvalue weighted by atomic mass is 10.3. The van der Waals surface area contributed by atoms with Gasteiger partial charge in [-0.2, -0.15) is 0 Å². The summed E-state index contributed by atoms with van der Waals surface area (Å²) in [6.07, 6.45) is 0. The molecule has 0 spiro atoms. The Kier molecular flexibility index (Phi) is 4.42. The van der Waals surface area contributed by atoms with Crippen molar-refractivity contribution in [2.45, 2.75) is 6.92 Å². The van der Waals surface area contributed by atoms with Crippen LogP contribution >= 0.6 is 23.2 Å². The van der Waals surface area contributed by atoms with Gasteiger partial charge in [0.05, 0.1) is 21.4 Å². The first-order chi connectivity index (χ1) is 9.47. The summed E-state index contributed by atoms with van der Waals surface area (Å²) in [4.78, 5) is 15.8. The predicted molar refractivity (Wildman–Crippen MR) is 78.0 cm³/mol. The number of urea groups is 1. The molecule has 0 saturated carbocycles. The lowest BCUT2D eigenvalue weighted by molar-refractivity contribution is 0.262. The number of nitrogens with one attached hydrogen (secondary N) is 2. The zero-order valence-electron chi connectivity index (χ0n) is 10.4. The van der Waals surface area contributed by atoms with Crippen LogP contribution < -0.4 is 10.6 Å². The van der Waals surface area contributed by atoms with Crippen molar-refractivity contribution in [3.05, 3.63) is 51.9 Å². The number of pyridine rings is 1. The van der Waals surface area contributed by atoms with E-state index in [0.717, 1.165) is 0 Å². The number of anilines is 2. The molecule has 2 N–H and O–H groups in total. The van der Waals surface area contributed by atoms with Gasteiger partial charge in [0.2, 0.25) is 0 Å². The van der Waals surface area contributed by atoms with E-state index in [0.29, 0.717) is 10.7 Å². The molecule has 0 saturated heterocycles. The number of rotatable bonds is 2. The fraction of sp³-hybridized carbons (Fsp3) is 0.0769. The molecule has 0 aliphatic heterocycles. The highest BCUT2D eigenvalue weighted by molar-refractivity contribution is 6.36. The van der Waals surface area contributed by atoms with E-state index < -0.39 is 11.8 Å². The molecule has 0 bridgehead atoms. The summed E-state index contributed by atoms with van der Waals surface area (Å²) in [6.45, 7) is 1.68. The minimum atomic E-state index is -0.647. The van der Waals surface area contributed by atoms with Crippen LogP contribution in [-0.2, 0) is 0 Å². The second kappa shape index (κ2) is 6.07. The molecule has 0 aliphatic carbocycles. The second-order valence-electron chi connectivity index (χ2n) is 3.95. The van der Waals surface area contributed by atoms with E-state index in [4.69, 9.17) is 23.2 Å². The van der Waals surface area contributed by atoms with Crippen LogP contribution in [0.5, 0.6) is 0 Å². The summed E-state index contributed by atoms with van der Waals surface area (Å²) in [7, 11) is 0. The van der Waals surface area contributed by atoms with Crippen molar-refractivity contribution in [2.75, 3.05) is 10.6 Å². The standard InChI is InChI=1S/C13H10Cl2FN3O/c1-7-8(14)6-9(15)12(17-7)19-13(20)18-11-5-3-2-4-10(11)16/h2-6H,1H3,(H2,17,18,19,20). The molecule has 1 aromatic carbocycles. The molecule has 7 heteroatoms. The maximum Gasteiger partial charge on any atom is 0.324 e. The van der Waals surface area contributed by atoms with Crippen molar-refractivity contribution in [1.82, 2.24) is 4.98 Å². The monoisotopic (exact) mass is 313 g/mol. The molecule has 104 valence electrons. The van der Waals surface area contributed by atoms with Gasteiger partial charge >= 0.3 is 6.03 Å². The SMILES string of the molecule is Cc1nc(NC(=O)Nc2ccccc2F)c(Cl)cc1Cl. The molecule has 4 nitrogen and oxygen atoms in total. The van der Waals surface area contributed by atoms with Crippen LogP contribution in [0.25, 0.3) is 0 Å². The third kappa shape index (κ3) is 3.37. The highest BCUT2D eigenvalue weighted by Crippen LogP contribution is 2.25. The number of para-hydroxylation sites is 1. The Morgan fingerprint density at radius 1 is 1.20 bits per heavy atom. The van der Waals surface area contributed by atoms with E-state index in [1.165, 1.54) is 24.3 Å². The number of nitrogens with zero attached hydrogens (tertiary/aromatic N) is 1. The number of benzene rings is 1. The third-order valence-corrected chi connectivity index (χ3v) is 3.13. The zero-order valence-corrected chi connectivity index (χ0v) is 11.9. The molecule has 0 unspecified atom stereocenters. The van der Waals surface area contributed by atoms with Gasteiger partial charge in [0.15, 0.2) is 5.82 Å². The molecule has 1 aromatic heterocycles. The van der Waals surface area contributed by atoms with Gasteiger partial charge in [0.1, 0.15) is 5.82 Å². The van der Waals surface area contributed by atoms with Gasteiger partial charge in [-0.25, -0.2) is 14.2 Å². The van der Waals surface area contributed by atoms with Crippen LogP contribution in [0, 0.1) is 12.7 Å². The smallest absolute Gasteiger partial charge is 0.305 e. The number of hydrogen-bond acceptors (Lipinski definition) is 2. The fourth-order valence-corrected chi connectivity index (χ4v) is 1.88. The van der Waals surface area contributed by atoms with Crippen LogP contribution in [-0.4, -0.2) is 11.0 Å². The minimum Gasteiger partial charge on any atom is -0.305 e. The van der Waals surface area contributed by atoms with E-state index in [9.17, 15) is 9.18 Å². The summed E-state index contributed by atoms with van der Waals surface area (Å²) < 4.78 is 13.4. The van der Waals surface area contributed by atoms with Gasteiger partial charge in [-0.1, -0.05) is 35.3 Å². The topological polar surface area (TPSA) is 54.0 Å². The number of hydrogen-bond donors (Lipinski definition) is 2. The van der Waals surface area contributed by atoms with Crippen molar-refractivity contribution in [1.29, 1.82) is 0 Å². The zero-order chi connectivity index (χ0) is 14.7. The molecule has 2 amide bonds. The van der Waals surface area contributed by atoms with Gasteiger partial charge in [-0.05, 0) is 25.1 Å². The quantitative estimate of drug-likeness (QED) is 0.858. The van der Waals surface area contributed by atoms with Gasteiger partial charge in [0.25, 0.3) is 0 Å². The minimum absolute atomic E-state index is 0.0619. The first-order valence-corrected chi connectivity index (χ1v) is 6.38. The number of aromatic nitrogens is 1. The summed E-state index contributed by atoms with van der Waals surface area (Å²) in [5.41, 5.74) is 0.587. The first-order valence-electron chi connectivity index (χ1n) is 5.62. The van der Waals surface area contributed by atoms with E-state index >= 15 is 0 Å². The van der Waals surface area contributed by atoms with Crippen molar-refractivity contribution in [2.24, 2.45) is 0 Å². The lowest BCUT2D eigenvalue weighted by Gasteiger charge is -2.10. The third-order valence-electron chi connectivity index (χ3n) is 2.46. The molecule has 0 aliphatic rings. The van der Waals surface area contributed by atoms with Crippen molar-refractivity contribution in [3.63, 3.8) is 0 Å². The average molecular weight is 314 g/mol. The maximum absolute atomic E-state index is 13.4. The van der Waals surface area contributed by atoms with Gasteiger partial charge in [0, 0.05) is 0 Å². The lowest BCUT2D eigenvalue weighted by Crippen LogP contribution is -2.21. The van der Waals surface area contributed by atoms with E-state index in [-0.39, 0.29) is 16.5 Å². The molecular weight excluding hydrogens is 304 g/mol. The van der Waals surface area contributed by atoms with E-state index in [2.05, 4.69) is 15.6 Å². The Labute approximate surface area is 124 Å². The number of amides is 2. The molecule has 0 atom stereocenters. The molecule has 0 fully saturated rings. The Balaban J connectivity index is 2.13. The maximum atomic E-state index is 13.4. The van der Waals surface area contributed by atoms with Gasteiger partial charge < -0.3 is 5.32 Å². The predicted octanol–water partition coefficient (Wildman–Crippen LogP) is 4.48. The number of carbonyl (C=O) groups is 1. The van der Waals surface area contributed by atoms with Crippen molar-refractivity contribution >= 4 is 40.7 Å². The Morgan fingerprint density at radius 3 is 2.60 bits per heavy atom. The highest BCUT2D eigenvalue weighted by atomic mass is 35.5. The van der Waals surface area contributed by atoms with E-state index in [1.807, 2.05) is 0 Å². The van der Waals surface area contributed by atoms with Crippen LogP contribution in [0.4, 0.5) is 20.7 Å². The first kappa shape index (κ1) is 14.6. The van der Waals surface area contributed by atoms with Gasteiger partial charge in [-0.15, -0.1) is 0 Å². The van der Waals surface area contributed by atoms with Crippen LogP contribution in [0.3, 0.4) is 0 Å². The fourth-order valence-electron chi connectivity index (χ4n) is 1.47. The van der Waals surface area contributed by atoms with Crippen molar-refractivity contribution < 1.29 is 9.18 Å². The Hall–Kier alpha value is -1.85. The van der Waals surface area contributed by atoms with Crippen LogP contribution in [0.1, 0.15) is 5.69 Å². The molecule has 0 radical (unpaired) electrons. The Bertz CT molecular complexity index is 664. The number of carbonyl (C=O) groups excluding carboxylic acids is 1. The second-order valence-corrected chi connectivity index (χ2v) is 4.76. The summed E-state index contributed by atoms with van der Waals surface area (Å²) in [5, 5.41) is 5.40. The number of aryl methyl sites for hydroxylation is 1. The molecular formula is C13H10Cl2FN3O. The Morgan fingerprint density at radius 2 is 1.90 bits per heavy atom.